The van der Waals surface area contributed by atoms with E-state index in [0.717, 1.165) is 28.8 Å². The Hall–Kier alpha value is -1.89. The summed E-state index contributed by atoms with van der Waals surface area (Å²) in [6, 6.07) is 5.94. The molecule has 0 aliphatic carbocycles. The molecular weight excluding hydrogens is 332 g/mol. The predicted molar refractivity (Wildman–Crippen MR) is 87.8 cm³/mol. The maximum absolute atomic E-state index is 5.81. The van der Waals surface area contributed by atoms with Gasteiger partial charge in [-0.1, -0.05) is 22.0 Å². The molecule has 0 saturated carbocycles. The molecule has 110 valence electrons. The molecule has 1 saturated heterocycles. The zero-order valence-electron chi connectivity index (χ0n) is 11.8. The molecule has 0 spiro atoms. The highest BCUT2D eigenvalue weighted by atomic mass is 79.9. The van der Waals surface area contributed by atoms with Gasteiger partial charge >= 0.3 is 0 Å². The van der Waals surface area contributed by atoms with Crippen molar-refractivity contribution >= 4 is 39.5 Å². The Kier molecular flexibility index (Phi) is 3.92. The third-order valence-electron chi connectivity index (χ3n) is 3.54. The molecule has 21 heavy (non-hydrogen) atoms. The van der Waals surface area contributed by atoms with Crippen molar-refractivity contribution < 1.29 is 0 Å². The van der Waals surface area contributed by atoms with E-state index in [0.29, 0.717) is 11.9 Å². The lowest BCUT2D eigenvalue weighted by molar-refractivity contribution is 0.887. The summed E-state index contributed by atoms with van der Waals surface area (Å²) in [5.41, 5.74) is 7.85. The number of anilines is 4. The van der Waals surface area contributed by atoms with Crippen LogP contribution in [-0.4, -0.2) is 28.0 Å². The molecule has 6 nitrogen and oxygen atoms in total. The fraction of sp³-hybridized carbons (Fsp3) is 0.357. The highest BCUT2D eigenvalue weighted by molar-refractivity contribution is 9.10. The number of nitrogens with two attached hydrogens (primary N) is 1. The molecule has 0 unspecified atom stereocenters. The third kappa shape index (κ3) is 3.07. The Balaban J connectivity index is 1.89. The number of nitrogens with one attached hydrogen (secondary N) is 1. The SMILES string of the molecule is Cc1c(Br)cccc1Nc1nc(N)nc(N2CCCC2)n1. The van der Waals surface area contributed by atoms with Crippen molar-refractivity contribution in [2.24, 2.45) is 0 Å². The Bertz CT molecular complexity index is 654. The number of hydrogen-bond acceptors (Lipinski definition) is 6. The summed E-state index contributed by atoms with van der Waals surface area (Å²) in [6.07, 6.45) is 2.33. The van der Waals surface area contributed by atoms with Crippen LogP contribution in [0.1, 0.15) is 18.4 Å². The minimum absolute atomic E-state index is 0.238. The van der Waals surface area contributed by atoms with Crippen molar-refractivity contribution in [3.63, 3.8) is 0 Å². The number of aromatic nitrogens is 3. The highest BCUT2D eigenvalue weighted by Crippen LogP contribution is 2.26. The normalized spacial score (nSPS) is 14.5. The van der Waals surface area contributed by atoms with Crippen molar-refractivity contribution in [1.29, 1.82) is 0 Å². The number of nitrogens with zero attached hydrogens (tertiary/aromatic N) is 4. The van der Waals surface area contributed by atoms with Gasteiger partial charge in [-0.25, -0.2) is 0 Å². The zero-order chi connectivity index (χ0) is 14.8. The lowest BCUT2D eigenvalue weighted by Crippen LogP contribution is -2.22. The van der Waals surface area contributed by atoms with Gasteiger partial charge in [0.05, 0.1) is 0 Å². The van der Waals surface area contributed by atoms with Crippen LogP contribution in [0.2, 0.25) is 0 Å². The van der Waals surface area contributed by atoms with Crippen LogP contribution in [0, 0.1) is 6.92 Å². The smallest absolute Gasteiger partial charge is 0.233 e. The van der Waals surface area contributed by atoms with E-state index in [2.05, 4.69) is 41.1 Å². The van der Waals surface area contributed by atoms with Gasteiger partial charge < -0.3 is 16.0 Å². The van der Waals surface area contributed by atoms with Crippen molar-refractivity contribution in [1.82, 2.24) is 15.0 Å². The Labute approximate surface area is 131 Å². The van der Waals surface area contributed by atoms with Crippen LogP contribution in [0.15, 0.2) is 22.7 Å². The number of hydrogen-bond donors (Lipinski definition) is 2. The Morgan fingerprint density at radius 3 is 2.71 bits per heavy atom. The van der Waals surface area contributed by atoms with Gasteiger partial charge in [0.2, 0.25) is 17.8 Å². The molecule has 2 aromatic rings. The van der Waals surface area contributed by atoms with Crippen LogP contribution in [0.3, 0.4) is 0 Å². The standard InChI is InChI=1S/C14H17BrN6/c1-9-10(15)5-4-6-11(9)17-13-18-12(16)19-14(20-13)21-7-2-3-8-21/h4-6H,2-3,7-8H2,1H3,(H3,16,17,18,19,20). The molecule has 0 radical (unpaired) electrons. The first-order valence-electron chi connectivity index (χ1n) is 6.92. The van der Waals surface area contributed by atoms with E-state index in [1.165, 1.54) is 12.8 Å². The molecule has 3 rings (SSSR count). The van der Waals surface area contributed by atoms with Crippen molar-refractivity contribution in [3.8, 4) is 0 Å². The van der Waals surface area contributed by atoms with Gasteiger partial charge in [-0.05, 0) is 37.5 Å². The molecule has 1 aliphatic rings. The largest absolute Gasteiger partial charge is 0.368 e. The topological polar surface area (TPSA) is 80.0 Å². The van der Waals surface area contributed by atoms with Crippen molar-refractivity contribution in [3.05, 3.63) is 28.2 Å². The maximum atomic E-state index is 5.81. The van der Waals surface area contributed by atoms with Gasteiger partial charge in [-0.3, -0.25) is 0 Å². The maximum Gasteiger partial charge on any atom is 0.233 e. The summed E-state index contributed by atoms with van der Waals surface area (Å²) >= 11 is 3.52. The Morgan fingerprint density at radius 2 is 1.95 bits per heavy atom. The van der Waals surface area contributed by atoms with E-state index in [9.17, 15) is 0 Å². The summed E-state index contributed by atoms with van der Waals surface area (Å²) in [7, 11) is 0. The first-order chi connectivity index (χ1) is 10.1. The van der Waals surface area contributed by atoms with Crippen LogP contribution in [-0.2, 0) is 0 Å². The minimum Gasteiger partial charge on any atom is -0.368 e. The number of halogens is 1. The number of benzene rings is 1. The third-order valence-corrected chi connectivity index (χ3v) is 4.40. The van der Waals surface area contributed by atoms with E-state index in [4.69, 9.17) is 5.73 Å². The minimum atomic E-state index is 0.238. The lowest BCUT2D eigenvalue weighted by Gasteiger charge is -2.16. The predicted octanol–water partition coefficient (Wildman–Crippen LogP) is 2.87. The van der Waals surface area contributed by atoms with Gasteiger partial charge in [0.15, 0.2) is 0 Å². The van der Waals surface area contributed by atoms with E-state index in [1.54, 1.807) is 0 Å². The molecule has 2 heterocycles. The molecule has 7 heteroatoms. The summed E-state index contributed by atoms with van der Waals surface area (Å²) < 4.78 is 1.04. The van der Waals surface area contributed by atoms with Crippen molar-refractivity contribution in [2.75, 3.05) is 29.0 Å². The molecule has 0 atom stereocenters. The van der Waals surface area contributed by atoms with Gasteiger partial charge in [0.25, 0.3) is 0 Å². The monoisotopic (exact) mass is 348 g/mol. The van der Waals surface area contributed by atoms with Gasteiger partial charge in [0, 0.05) is 23.2 Å². The van der Waals surface area contributed by atoms with Crippen LogP contribution in [0.5, 0.6) is 0 Å². The van der Waals surface area contributed by atoms with E-state index >= 15 is 0 Å². The van der Waals surface area contributed by atoms with E-state index in [-0.39, 0.29) is 5.95 Å². The first-order valence-corrected chi connectivity index (χ1v) is 7.71. The Morgan fingerprint density at radius 1 is 1.19 bits per heavy atom. The van der Waals surface area contributed by atoms with E-state index in [1.807, 2.05) is 25.1 Å². The molecular formula is C14H17BrN6. The average Bonchev–Trinajstić information content (AvgIpc) is 2.97. The summed E-state index contributed by atoms with van der Waals surface area (Å²) in [5, 5.41) is 3.22. The molecule has 1 aromatic carbocycles. The van der Waals surface area contributed by atoms with E-state index < -0.39 is 0 Å². The first kappa shape index (κ1) is 14.1. The zero-order valence-corrected chi connectivity index (χ0v) is 13.4. The summed E-state index contributed by atoms with van der Waals surface area (Å²) in [5.74, 6) is 1.36. The highest BCUT2D eigenvalue weighted by Gasteiger charge is 2.17. The fourth-order valence-corrected chi connectivity index (χ4v) is 2.72. The molecule has 1 fully saturated rings. The second kappa shape index (κ2) is 5.85. The molecule has 1 aromatic heterocycles. The van der Waals surface area contributed by atoms with Crippen LogP contribution >= 0.6 is 15.9 Å². The quantitative estimate of drug-likeness (QED) is 0.887. The molecule has 0 bridgehead atoms. The van der Waals surface area contributed by atoms with Gasteiger partial charge in [0.1, 0.15) is 0 Å². The lowest BCUT2D eigenvalue weighted by atomic mass is 10.2. The average molecular weight is 349 g/mol. The fourth-order valence-electron chi connectivity index (χ4n) is 2.36. The molecule has 1 aliphatic heterocycles. The van der Waals surface area contributed by atoms with Crippen molar-refractivity contribution in [2.45, 2.75) is 19.8 Å². The number of nitrogen functional groups attached to an aromatic ring is 1. The second-order valence-electron chi connectivity index (χ2n) is 5.05. The second-order valence-corrected chi connectivity index (χ2v) is 5.90. The number of rotatable bonds is 3. The van der Waals surface area contributed by atoms with Crippen LogP contribution < -0.4 is 16.0 Å². The summed E-state index contributed by atoms with van der Waals surface area (Å²) in [6.45, 7) is 3.97. The molecule has 3 N–H and O–H groups in total. The van der Waals surface area contributed by atoms with Crippen LogP contribution in [0.25, 0.3) is 0 Å². The summed E-state index contributed by atoms with van der Waals surface area (Å²) in [4.78, 5) is 15.0. The van der Waals surface area contributed by atoms with Crippen LogP contribution in [0.4, 0.5) is 23.5 Å². The van der Waals surface area contributed by atoms with Gasteiger partial charge in [-0.2, -0.15) is 15.0 Å². The van der Waals surface area contributed by atoms with Gasteiger partial charge in [-0.15, -0.1) is 0 Å². The molecule has 0 amide bonds.